The third-order valence-corrected chi connectivity index (χ3v) is 5.36. The van der Waals surface area contributed by atoms with Crippen LogP contribution in [0.4, 0.5) is 18.9 Å². The summed E-state index contributed by atoms with van der Waals surface area (Å²) in [6.45, 7) is -0.403. The van der Waals surface area contributed by atoms with E-state index in [1.165, 1.54) is 42.3 Å². The van der Waals surface area contributed by atoms with Crippen molar-refractivity contribution >= 4 is 29.1 Å². The zero-order valence-electron chi connectivity index (χ0n) is 19.4. The Bertz CT molecular complexity index is 1560. The number of nitriles is 1. The van der Waals surface area contributed by atoms with Crippen LogP contribution in [0, 0.1) is 11.3 Å². The van der Waals surface area contributed by atoms with Crippen molar-refractivity contribution in [3.05, 3.63) is 76.0 Å². The number of carbonyl (C=O) groups is 2. The summed E-state index contributed by atoms with van der Waals surface area (Å²) in [5.41, 5.74) is 0.650. The fourth-order valence-corrected chi connectivity index (χ4v) is 3.56. The van der Waals surface area contributed by atoms with E-state index < -0.39 is 30.4 Å². The first-order chi connectivity index (χ1) is 18.1. The lowest BCUT2D eigenvalue weighted by Crippen LogP contribution is -2.23. The van der Waals surface area contributed by atoms with Gasteiger partial charge in [0.05, 0.1) is 35.3 Å². The van der Waals surface area contributed by atoms with E-state index in [4.69, 9.17) is 16.9 Å². The lowest BCUT2D eigenvalue weighted by Gasteiger charge is -2.11. The van der Waals surface area contributed by atoms with E-state index in [1.54, 1.807) is 12.1 Å². The lowest BCUT2D eigenvalue weighted by atomic mass is 10.1. The second-order valence-electron chi connectivity index (χ2n) is 7.65. The highest BCUT2D eigenvalue weighted by Gasteiger charge is 2.37. The van der Waals surface area contributed by atoms with Crippen LogP contribution in [-0.2, 0) is 19.1 Å². The highest BCUT2D eigenvalue weighted by atomic mass is 35.5. The van der Waals surface area contributed by atoms with Gasteiger partial charge in [0.25, 0.3) is 17.6 Å². The first kappa shape index (κ1) is 26.2. The topological polar surface area (TPSA) is 156 Å². The molecule has 2 N–H and O–H groups in total. The molecule has 0 aliphatic heterocycles. The molecular formula is C22H16ClF3N10O2. The molecule has 16 heteroatoms. The second-order valence-corrected chi connectivity index (χ2v) is 8.05. The zero-order valence-corrected chi connectivity index (χ0v) is 20.1. The minimum absolute atomic E-state index is 0.0441. The number of carbonyl (C=O) groups excluding carboxylic acids is 2. The minimum Gasteiger partial charge on any atom is -0.355 e. The monoisotopic (exact) mass is 544 g/mol. The number of halogens is 4. The quantitative estimate of drug-likeness (QED) is 0.359. The van der Waals surface area contributed by atoms with Crippen molar-refractivity contribution in [3.63, 3.8) is 0 Å². The van der Waals surface area contributed by atoms with Gasteiger partial charge in [0, 0.05) is 25.0 Å². The molecular weight excluding hydrogens is 529 g/mol. The van der Waals surface area contributed by atoms with Crippen LogP contribution in [0.2, 0.25) is 5.02 Å². The van der Waals surface area contributed by atoms with Crippen molar-refractivity contribution in [2.24, 2.45) is 0 Å². The Balaban J connectivity index is 1.73. The Morgan fingerprint density at radius 3 is 2.63 bits per heavy atom. The maximum Gasteiger partial charge on any atom is 0.455 e. The molecule has 0 aliphatic rings. The molecule has 38 heavy (non-hydrogen) atoms. The van der Waals surface area contributed by atoms with Crippen LogP contribution in [-0.4, -0.2) is 53.8 Å². The molecule has 3 aromatic heterocycles. The van der Waals surface area contributed by atoms with Gasteiger partial charge in [-0.1, -0.05) is 17.7 Å². The van der Waals surface area contributed by atoms with Crippen molar-refractivity contribution in [2.75, 3.05) is 12.4 Å². The van der Waals surface area contributed by atoms with Crippen LogP contribution in [0.1, 0.15) is 37.8 Å². The number of aromatic nitrogens is 7. The van der Waals surface area contributed by atoms with Gasteiger partial charge in [0.2, 0.25) is 0 Å². The van der Waals surface area contributed by atoms with Crippen molar-refractivity contribution in [2.45, 2.75) is 19.1 Å². The van der Waals surface area contributed by atoms with Crippen LogP contribution in [0.15, 0.2) is 42.7 Å². The number of hydrogen-bond acceptors (Lipinski definition) is 8. The number of rotatable bonds is 7. The summed E-state index contributed by atoms with van der Waals surface area (Å²) in [6, 6.07) is 9.58. The summed E-state index contributed by atoms with van der Waals surface area (Å²) < 4.78 is 40.0. The number of hydrogen-bond donors (Lipinski definition) is 2. The molecule has 0 saturated heterocycles. The van der Waals surface area contributed by atoms with Crippen molar-refractivity contribution < 1.29 is 22.8 Å². The predicted octanol–water partition coefficient (Wildman–Crippen LogP) is 2.65. The second kappa shape index (κ2) is 10.6. The predicted molar refractivity (Wildman–Crippen MR) is 125 cm³/mol. The standard InChI is InChI=1S/C22H16ClF3N10O2/c1-28-19(37)14-9-12(6-7-27)4-5-16(14)30-20(38)17-13(11-36-33-21(31-34-36)22(24,25)26)10-35(32-17)18-15(23)3-2-8-29-18/h2-5,8-10H,6,11H2,1H3,(H,28,37)(H,30,38). The van der Waals surface area contributed by atoms with Crippen LogP contribution in [0.3, 0.4) is 0 Å². The van der Waals surface area contributed by atoms with Gasteiger partial charge < -0.3 is 10.6 Å². The number of tetrazole rings is 1. The molecule has 4 rings (SSSR count). The highest BCUT2D eigenvalue weighted by Crippen LogP contribution is 2.26. The summed E-state index contributed by atoms with van der Waals surface area (Å²) in [7, 11) is 1.40. The minimum atomic E-state index is -4.81. The van der Waals surface area contributed by atoms with Gasteiger partial charge >= 0.3 is 6.18 Å². The maximum absolute atomic E-state index is 13.3. The molecule has 1 aromatic carbocycles. The van der Waals surface area contributed by atoms with Gasteiger partial charge in [-0.05, 0) is 35.0 Å². The van der Waals surface area contributed by atoms with Crippen LogP contribution >= 0.6 is 11.6 Å². The molecule has 4 aromatic rings. The van der Waals surface area contributed by atoms with E-state index in [2.05, 4.69) is 36.1 Å². The Morgan fingerprint density at radius 2 is 1.97 bits per heavy atom. The molecule has 3 heterocycles. The van der Waals surface area contributed by atoms with E-state index in [0.29, 0.717) is 10.4 Å². The normalized spacial score (nSPS) is 11.2. The third-order valence-electron chi connectivity index (χ3n) is 5.07. The molecule has 0 radical (unpaired) electrons. The molecule has 194 valence electrons. The van der Waals surface area contributed by atoms with Crippen LogP contribution in [0.25, 0.3) is 5.82 Å². The Labute approximate surface area is 217 Å². The molecule has 12 nitrogen and oxygen atoms in total. The van der Waals surface area contributed by atoms with Crippen LogP contribution < -0.4 is 10.6 Å². The van der Waals surface area contributed by atoms with Gasteiger partial charge in [-0.3, -0.25) is 9.59 Å². The molecule has 2 amide bonds. The number of pyridine rings is 1. The van der Waals surface area contributed by atoms with E-state index in [0.717, 1.165) is 0 Å². The van der Waals surface area contributed by atoms with E-state index in [9.17, 15) is 22.8 Å². The van der Waals surface area contributed by atoms with E-state index >= 15 is 0 Å². The summed E-state index contributed by atoms with van der Waals surface area (Å²) in [6.07, 6.45) is -1.98. The van der Waals surface area contributed by atoms with Gasteiger partial charge in [-0.2, -0.15) is 28.3 Å². The van der Waals surface area contributed by atoms with Gasteiger partial charge in [-0.25, -0.2) is 9.67 Å². The van der Waals surface area contributed by atoms with Crippen molar-refractivity contribution in [1.82, 2.24) is 40.3 Å². The molecule has 0 aliphatic carbocycles. The van der Waals surface area contributed by atoms with Gasteiger partial charge in [0.15, 0.2) is 11.5 Å². The number of anilines is 1. The Hall–Kier alpha value is -4.84. The van der Waals surface area contributed by atoms with Crippen LogP contribution in [0.5, 0.6) is 0 Å². The third kappa shape index (κ3) is 5.60. The Kier molecular flexibility index (Phi) is 7.35. The van der Waals surface area contributed by atoms with Gasteiger partial charge in [-0.15, -0.1) is 10.2 Å². The lowest BCUT2D eigenvalue weighted by molar-refractivity contribution is -0.145. The zero-order chi connectivity index (χ0) is 27.4. The molecule has 0 fully saturated rings. The van der Waals surface area contributed by atoms with Crippen molar-refractivity contribution in [3.8, 4) is 11.9 Å². The summed E-state index contributed by atoms with van der Waals surface area (Å²) >= 11 is 6.20. The first-order valence-corrected chi connectivity index (χ1v) is 11.1. The smallest absolute Gasteiger partial charge is 0.355 e. The number of nitrogens with zero attached hydrogens (tertiary/aromatic N) is 8. The van der Waals surface area contributed by atoms with E-state index in [-0.39, 0.29) is 39.8 Å². The first-order valence-electron chi connectivity index (χ1n) is 10.7. The molecule has 0 unspecified atom stereocenters. The highest BCUT2D eigenvalue weighted by molar-refractivity contribution is 6.32. The fourth-order valence-electron chi connectivity index (χ4n) is 3.35. The maximum atomic E-state index is 13.3. The SMILES string of the molecule is CNC(=O)c1cc(CC#N)ccc1NC(=O)c1nn(-c2ncccc2Cl)cc1Cn1nnc(C(F)(F)F)n1. The summed E-state index contributed by atoms with van der Waals surface area (Å²) in [5.74, 6) is -2.60. The number of alkyl halides is 3. The average molecular weight is 545 g/mol. The molecule has 0 bridgehead atoms. The summed E-state index contributed by atoms with van der Waals surface area (Å²) in [5, 5.41) is 28.2. The largest absolute Gasteiger partial charge is 0.455 e. The number of nitrogens with one attached hydrogen (secondary N) is 2. The average Bonchev–Trinajstić information content (AvgIpc) is 3.53. The Morgan fingerprint density at radius 1 is 1.18 bits per heavy atom. The molecule has 0 spiro atoms. The molecule has 0 atom stereocenters. The van der Waals surface area contributed by atoms with E-state index in [1.807, 2.05) is 6.07 Å². The van der Waals surface area contributed by atoms with Crippen molar-refractivity contribution in [1.29, 1.82) is 5.26 Å². The van der Waals surface area contributed by atoms with Gasteiger partial charge in [0.1, 0.15) is 0 Å². The number of amides is 2. The fraction of sp³-hybridized carbons (Fsp3) is 0.182. The number of benzene rings is 1. The molecule has 0 saturated carbocycles. The summed E-state index contributed by atoms with van der Waals surface area (Å²) in [4.78, 5) is 30.5.